The van der Waals surface area contributed by atoms with Crippen molar-refractivity contribution in [2.75, 3.05) is 19.8 Å². The molecule has 2 aliphatic heterocycles. The van der Waals surface area contributed by atoms with E-state index in [9.17, 15) is 8.42 Å². The van der Waals surface area contributed by atoms with E-state index in [1.165, 1.54) is 6.20 Å². The zero-order valence-electron chi connectivity index (χ0n) is 14.7. The Balaban J connectivity index is 1.47. The second kappa shape index (κ2) is 7.02. The molecule has 1 N–H and O–H groups in total. The van der Waals surface area contributed by atoms with Crippen molar-refractivity contribution in [3.63, 3.8) is 0 Å². The Kier molecular flexibility index (Phi) is 4.73. The summed E-state index contributed by atoms with van der Waals surface area (Å²) in [6, 6.07) is 5.84. The Labute approximate surface area is 153 Å². The maximum Gasteiger partial charge on any atom is 0.244 e. The highest BCUT2D eigenvalue weighted by Gasteiger charge is 2.27. The predicted molar refractivity (Wildman–Crippen MR) is 95.8 cm³/mol. The molecule has 1 atom stereocenters. The summed E-state index contributed by atoms with van der Waals surface area (Å²) < 4.78 is 41.1. The van der Waals surface area contributed by atoms with Gasteiger partial charge in [-0.2, -0.15) is 5.10 Å². The van der Waals surface area contributed by atoms with E-state index in [2.05, 4.69) is 9.82 Å². The van der Waals surface area contributed by atoms with Crippen LogP contribution in [0.2, 0.25) is 0 Å². The number of para-hydroxylation sites is 1. The fraction of sp³-hybridized carbons (Fsp3) is 0.500. The summed E-state index contributed by atoms with van der Waals surface area (Å²) in [4.78, 5) is 0.194. The first-order chi connectivity index (χ1) is 12.5. The van der Waals surface area contributed by atoms with Crippen LogP contribution in [-0.2, 0) is 21.2 Å². The van der Waals surface area contributed by atoms with Gasteiger partial charge in [-0.15, -0.1) is 0 Å². The summed E-state index contributed by atoms with van der Waals surface area (Å²) >= 11 is 0. The predicted octanol–water partition coefficient (Wildman–Crippen LogP) is 1.83. The lowest BCUT2D eigenvalue weighted by molar-refractivity contribution is 0.0662. The minimum absolute atomic E-state index is 0.194. The van der Waals surface area contributed by atoms with Gasteiger partial charge < -0.3 is 9.47 Å². The normalized spacial score (nSPS) is 21.2. The number of nitrogens with zero attached hydrogens (tertiary/aromatic N) is 2. The molecule has 2 aliphatic rings. The molecule has 140 valence electrons. The SMILES string of the molecule is Cc1cccc2c1OCC(NS(=O)(=O)c1cnn(C3CCOCC3)c1)C2. The van der Waals surface area contributed by atoms with Crippen LogP contribution in [0.15, 0.2) is 35.5 Å². The lowest BCUT2D eigenvalue weighted by Gasteiger charge is -2.26. The van der Waals surface area contributed by atoms with Gasteiger partial charge in [0, 0.05) is 19.4 Å². The van der Waals surface area contributed by atoms with Gasteiger partial charge in [0.15, 0.2) is 0 Å². The molecule has 8 heteroatoms. The quantitative estimate of drug-likeness (QED) is 0.879. The van der Waals surface area contributed by atoms with Crippen LogP contribution in [0, 0.1) is 6.92 Å². The highest BCUT2D eigenvalue weighted by atomic mass is 32.2. The lowest BCUT2D eigenvalue weighted by atomic mass is 10.0. The van der Waals surface area contributed by atoms with Crippen LogP contribution in [0.5, 0.6) is 5.75 Å². The second-order valence-electron chi connectivity index (χ2n) is 6.90. The number of fused-ring (bicyclic) bond motifs is 1. The van der Waals surface area contributed by atoms with E-state index in [1.807, 2.05) is 25.1 Å². The molecule has 1 aromatic heterocycles. The monoisotopic (exact) mass is 377 g/mol. The van der Waals surface area contributed by atoms with Crippen LogP contribution in [0.1, 0.15) is 30.0 Å². The van der Waals surface area contributed by atoms with Crippen LogP contribution in [0.3, 0.4) is 0 Å². The van der Waals surface area contributed by atoms with E-state index in [0.717, 1.165) is 29.7 Å². The molecule has 2 aromatic rings. The van der Waals surface area contributed by atoms with Gasteiger partial charge in [0.05, 0.1) is 18.3 Å². The molecule has 4 rings (SSSR count). The Morgan fingerprint density at radius 2 is 2.08 bits per heavy atom. The molecule has 0 amide bonds. The van der Waals surface area contributed by atoms with Gasteiger partial charge in [-0.25, -0.2) is 13.1 Å². The highest BCUT2D eigenvalue weighted by molar-refractivity contribution is 7.89. The van der Waals surface area contributed by atoms with Crippen molar-refractivity contribution in [1.82, 2.24) is 14.5 Å². The summed E-state index contributed by atoms with van der Waals surface area (Å²) in [7, 11) is -3.63. The Morgan fingerprint density at radius 1 is 1.27 bits per heavy atom. The van der Waals surface area contributed by atoms with Gasteiger partial charge >= 0.3 is 0 Å². The molecule has 1 aromatic carbocycles. The van der Waals surface area contributed by atoms with E-state index < -0.39 is 10.0 Å². The van der Waals surface area contributed by atoms with E-state index in [4.69, 9.17) is 9.47 Å². The van der Waals surface area contributed by atoms with Crippen molar-refractivity contribution in [3.8, 4) is 5.75 Å². The summed E-state index contributed by atoms with van der Waals surface area (Å²) in [5.74, 6) is 0.871. The summed E-state index contributed by atoms with van der Waals surface area (Å²) in [6.45, 7) is 3.69. The third-order valence-corrected chi connectivity index (χ3v) is 6.44. The molecule has 0 saturated carbocycles. The topological polar surface area (TPSA) is 82.5 Å². The number of ether oxygens (including phenoxy) is 2. The zero-order valence-corrected chi connectivity index (χ0v) is 15.5. The number of hydrogen-bond acceptors (Lipinski definition) is 5. The van der Waals surface area contributed by atoms with Crippen LogP contribution in [0.25, 0.3) is 0 Å². The summed E-state index contributed by atoms with van der Waals surface area (Å²) in [5, 5.41) is 4.26. The third-order valence-electron chi connectivity index (χ3n) is 4.96. The maximum atomic E-state index is 12.7. The van der Waals surface area contributed by atoms with E-state index in [-0.39, 0.29) is 17.0 Å². The molecule has 3 heterocycles. The van der Waals surface area contributed by atoms with Crippen molar-refractivity contribution in [2.45, 2.75) is 43.2 Å². The number of benzene rings is 1. The van der Waals surface area contributed by atoms with E-state index >= 15 is 0 Å². The molecule has 1 unspecified atom stereocenters. The summed E-state index contributed by atoms with van der Waals surface area (Å²) in [5.41, 5.74) is 2.10. The Hall–Kier alpha value is -1.90. The van der Waals surface area contributed by atoms with Crippen LogP contribution < -0.4 is 9.46 Å². The highest BCUT2D eigenvalue weighted by Crippen LogP contribution is 2.29. The van der Waals surface area contributed by atoms with Crippen LogP contribution in [-0.4, -0.2) is 44.1 Å². The molecule has 1 fully saturated rings. The third kappa shape index (κ3) is 3.49. The zero-order chi connectivity index (χ0) is 18.1. The van der Waals surface area contributed by atoms with Crippen molar-refractivity contribution in [1.29, 1.82) is 0 Å². The van der Waals surface area contributed by atoms with E-state index in [1.54, 1.807) is 10.9 Å². The van der Waals surface area contributed by atoms with Crippen molar-refractivity contribution >= 4 is 10.0 Å². The van der Waals surface area contributed by atoms with Gasteiger partial charge in [0.2, 0.25) is 10.0 Å². The number of aromatic nitrogens is 2. The molecule has 26 heavy (non-hydrogen) atoms. The fourth-order valence-electron chi connectivity index (χ4n) is 3.56. The fourth-order valence-corrected chi connectivity index (χ4v) is 4.72. The number of aryl methyl sites for hydroxylation is 1. The van der Waals surface area contributed by atoms with Gasteiger partial charge in [0.1, 0.15) is 17.3 Å². The van der Waals surface area contributed by atoms with Crippen molar-refractivity contribution in [2.24, 2.45) is 0 Å². The molecule has 0 spiro atoms. The van der Waals surface area contributed by atoms with Gasteiger partial charge in [-0.3, -0.25) is 4.68 Å². The molecule has 0 aliphatic carbocycles. The summed E-state index contributed by atoms with van der Waals surface area (Å²) in [6.07, 6.45) is 5.34. The second-order valence-corrected chi connectivity index (χ2v) is 8.61. The Morgan fingerprint density at radius 3 is 2.88 bits per heavy atom. The first kappa shape index (κ1) is 17.5. The number of hydrogen-bond donors (Lipinski definition) is 1. The Bertz CT molecular complexity index is 888. The van der Waals surface area contributed by atoms with Crippen molar-refractivity contribution < 1.29 is 17.9 Å². The number of rotatable bonds is 4. The lowest BCUT2D eigenvalue weighted by Crippen LogP contribution is -2.42. The first-order valence-corrected chi connectivity index (χ1v) is 10.4. The molecular weight excluding hydrogens is 354 g/mol. The standard InChI is InChI=1S/C18H23N3O4S/c1-13-3-2-4-14-9-15(12-25-18(13)14)20-26(22,23)17-10-19-21(11-17)16-5-7-24-8-6-16/h2-4,10-11,15-16,20H,5-9,12H2,1H3. The smallest absolute Gasteiger partial charge is 0.244 e. The molecule has 0 bridgehead atoms. The number of nitrogens with one attached hydrogen (secondary N) is 1. The molecule has 7 nitrogen and oxygen atoms in total. The average molecular weight is 377 g/mol. The van der Waals surface area contributed by atoms with E-state index in [0.29, 0.717) is 26.2 Å². The molecule has 1 saturated heterocycles. The maximum absolute atomic E-state index is 12.7. The molecule has 0 radical (unpaired) electrons. The minimum Gasteiger partial charge on any atom is -0.491 e. The van der Waals surface area contributed by atoms with Gasteiger partial charge in [0.25, 0.3) is 0 Å². The van der Waals surface area contributed by atoms with Crippen LogP contribution in [0.4, 0.5) is 0 Å². The largest absolute Gasteiger partial charge is 0.491 e. The first-order valence-electron chi connectivity index (χ1n) is 8.88. The molecular formula is C18H23N3O4S. The minimum atomic E-state index is -3.63. The van der Waals surface area contributed by atoms with Gasteiger partial charge in [-0.1, -0.05) is 18.2 Å². The van der Waals surface area contributed by atoms with Gasteiger partial charge in [-0.05, 0) is 37.3 Å². The van der Waals surface area contributed by atoms with Crippen LogP contribution >= 0.6 is 0 Å². The number of sulfonamides is 1. The van der Waals surface area contributed by atoms with Crippen molar-refractivity contribution in [3.05, 3.63) is 41.7 Å². The average Bonchev–Trinajstić information content (AvgIpc) is 3.13.